The van der Waals surface area contributed by atoms with Crippen molar-refractivity contribution in [2.75, 3.05) is 55.7 Å². The highest BCUT2D eigenvalue weighted by Crippen LogP contribution is 2.25. The summed E-state index contributed by atoms with van der Waals surface area (Å²) >= 11 is 1.56. The molecule has 1 amide bonds. The standard InChI is InChI=1S/C20H27N5O2S/c1-15-4-5-17(28-15)20(27)24-9-7-23(8-10-24)18-11-19(22-14-21-18)25-6-2-3-16(12-25)13-26/h4-5,11,14,16,26H,2-3,6-10,12-13H2,1H3. The molecule has 2 aliphatic rings. The summed E-state index contributed by atoms with van der Waals surface area (Å²) in [6, 6.07) is 5.96. The van der Waals surface area contributed by atoms with Gasteiger partial charge in [-0.2, -0.15) is 0 Å². The van der Waals surface area contributed by atoms with Crippen LogP contribution in [0, 0.1) is 12.8 Å². The molecule has 2 aliphatic heterocycles. The second-order valence-electron chi connectivity index (χ2n) is 7.56. The van der Waals surface area contributed by atoms with Crippen molar-refractivity contribution in [3.63, 3.8) is 0 Å². The van der Waals surface area contributed by atoms with E-state index in [1.807, 2.05) is 30.0 Å². The molecule has 28 heavy (non-hydrogen) atoms. The van der Waals surface area contributed by atoms with E-state index in [4.69, 9.17) is 0 Å². The van der Waals surface area contributed by atoms with Crippen LogP contribution < -0.4 is 9.80 Å². The minimum Gasteiger partial charge on any atom is -0.396 e. The lowest BCUT2D eigenvalue weighted by molar-refractivity contribution is 0.0751. The number of amides is 1. The van der Waals surface area contributed by atoms with Gasteiger partial charge in [0.15, 0.2) is 0 Å². The Morgan fingerprint density at radius 3 is 2.57 bits per heavy atom. The van der Waals surface area contributed by atoms with Crippen LogP contribution in [0.3, 0.4) is 0 Å². The van der Waals surface area contributed by atoms with Gasteiger partial charge in [-0.15, -0.1) is 11.3 Å². The van der Waals surface area contributed by atoms with Crippen molar-refractivity contribution in [3.8, 4) is 0 Å². The maximum Gasteiger partial charge on any atom is 0.264 e. The first kappa shape index (κ1) is 19.1. The molecule has 1 atom stereocenters. The van der Waals surface area contributed by atoms with Gasteiger partial charge in [0.25, 0.3) is 5.91 Å². The Balaban J connectivity index is 1.39. The minimum atomic E-state index is 0.129. The molecule has 0 spiro atoms. The normalized spacial score (nSPS) is 20.5. The topological polar surface area (TPSA) is 72.8 Å². The van der Waals surface area contributed by atoms with Crippen LogP contribution in [0.1, 0.15) is 27.4 Å². The molecule has 0 aromatic carbocycles. The van der Waals surface area contributed by atoms with Crippen molar-refractivity contribution in [1.82, 2.24) is 14.9 Å². The monoisotopic (exact) mass is 401 g/mol. The lowest BCUT2D eigenvalue weighted by Gasteiger charge is -2.36. The number of carbonyl (C=O) groups is 1. The first-order valence-electron chi connectivity index (χ1n) is 9.92. The Kier molecular flexibility index (Phi) is 5.77. The van der Waals surface area contributed by atoms with Crippen molar-refractivity contribution in [3.05, 3.63) is 34.3 Å². The fraction of sp³-hybridized carbons (Fsp3) is 0.550. The zero-order chi connectivity index (χ0) is 19.5. The van der Waals surface area contributed by atoms with Crippen LogP contribution in [-0.2, 0) is 0 Å². The number of carbonyl (C=O) groups excluding carboxylic acids is 1. The first-order chi connectivity index (χ1) is 13.6. The van der Waals surface area contributed by atoms with E-state index in [0.29, 0.717) is 19.0 Å². The van der Waals surface area contributed by atoms with E-state index in [2.05, 4.69) is 19.8 Å². The van der Waals surface area contributed by atoms with Crippen molar-refractivity contribution in [2.24, 2.45) is 5.92 Å². The number of aryl methyl sites for hydroxylation is 1. The molecule has 1 N–H and O–H groups in total. The van der Waals surface area contributed by atoms with Crippen molar-refractivity contribution >= 4 is 28.9 Å². The second kappa shape index (κ2) is 8.45. The van der Waals surface area contributed by atoms with E-state index in [1.165, 1.54) is 0 Å². The van der Waals surface area contributed by atoms with Gasteiger partial charge in [-0.05, 0) is 37.8 Å². The largest absolute Gasteiger partial charge is 0.396 e. The molecule has 7 nitrogen and oxygen atoms in total. The van der Waals surface area contributed by atoms with Crippen molar-refractivity contribution in [2.45, 2.75) is 19.8 Å². The summed E-state index contributed by atoms with van der Waals surface area (Å²) < 4.78 is 0. The molecule has 2 aromatic rings. The number of nitrogens with zero attached hydrogens (tertiary/aromatic N) is 5. The number of thiophene rings is 1. The molecule has 0 aliphatic carbocycles. The molecular weight excluding hydrogens is 374 g/mol. The van der Waals surface area contributed by atoms with Gasteiger partial charge >= 0.3 is 0 Å². The number of hydrogen-bond acceptors (Lipinski definition) is 7. The van der Waals surface area contributed by atoms with Crippen LogP contribution in [-0.4, -0.2) is 71.8 Å². The quantitative estimate of drug-likeness (QED) is 0.845. The SMILES string of the molecule is Cc1ccc(C(=O)N2CCN(c3cc(N4CCCC(CO)C4)ncn3)CC2)s1. The molecule has 0 saturated carbocycles. The van der Waals surface area contributed by atoms with Gasteiger partial charge in [0.2, 0.25) is 0 Å². The van der Waals surface area contributed by atoms with Crippen LogP contribution >= 0.6 is 11.3 Å². The summed E-state index contributed by atoms with van der Waals surface area (Å²) in [5.41, 5.74) is 0. The molecule has 2 saturated heterocycles. The van der Waals surface area contributed by atoms with Crippen LogP contribution in [0.2, 0.25) is 0 Å². The Labute approximate surface area is 169 Å². The zero-order valence-electron chi connectivity index (χ0n) is 16.3. The van der Waals surface area contributed by atoms with Crippen LogP contribution in [0.5, 0.6) is 0 Å². The highest BCUT2D eigenvalue weighted by atomic mass is 32.1. The summed E-state index contributed by atoms with van der Waals surface area (Å²) in [6.07, 6.45) is 3.78. The third-order valence-electron chi connectivity index (χ3n) is 5.58. The number of aromatic nitrogens is 2. The predicted molar refractivity (Wildman–Crippen MR) is 111 cm³/mol. The molecule has 1 unspecified atom stereocenters. The second-order valence-corrected chi connectivity index (χ2v) is 8.85. The zero-order valence-corrected chi connectivity index (χ0v) is 17.1. The fourth-order valence-electron chi connectivity index (χ4n) is 3.95. The molecule has 0 radical (unpaired) electrons. The van der Waals surface area contributed by atoms with E-state index in [9.17, 15) is 9.90 Å². The van der Waals surface area contributed by atoms with Crippen LogP contribution in [0.4, 0.5) is 11.6 Å². The Hall–Kier alpha value is -2.19. The van der Waals surface area contributed by atoms with Crippen LogP contribution in [0.25, 0.3) is 0 Å². The Bertz CT molecular complexity index is 818. The summed E-state index contributed by atoms with van der Waals surface area (Å²) in [7, 11) is 0. The summed E-state index contributed by atoms with van der Waals surface area (Å²) in [5.74, 6) is 2.29. The van der Waals surface area contributed by atoms with Crippen molar-refractivity contribution in [1.29, 1.82) is 0 Å². The maximum absolute atomic E-state index is 12.6. The summed E-state index contributed by atoms with van der Waals surface area (Å²) in [4.78, 5) is 29.9. The highest BCUT2D eigenvalue weighted by molar-refractivity contribution is 7.13. The Morgan fingerprint density at radius 2 is 1.89 bits per heavy atom. The average Bonchev–Trinajstić information content (AvgIpc) is 3.20. The first-order valence-corrected chi connectivity index (χ1v) is 10.7. The number of anilines is 2. The number of piperazine rings is 1. The highest BCUT2D eigenvalue weighted by Gasteiger charge is 2.25. The van der Waals surface area contributed by atoms with Gasteiger partial charge in [0, 0.05) is 56.8 Å². The van der Waals surface area contributed by atoms with Gasteiger partial charge < -0.3 is 19.8 Å². The Morgan fingerprint density at radius 1 is 1.14 bits per heavy atom. The van der Waals surface area contributed by atoms with E-state index in [1.54, 1.807) is 17.7 Å². The van der Waals surface area contributed by atoms with Gasteiger partial charge in [-0.1, -0.05) is 0 Å². The molecule has 8 heteroatoms. The molecule has 4 heterocycles. The van der Waals surface area contributed by atoms with E-state index >= 15 is 0 Å². The molecule has 0 bridgehead atoms. The molecule has 4 rings (SSSR count). The van der Waals surface area contributed by atoms with Gasteiger partial charge in [0.05, 0.1) is 4.88 Å². The number of hydrogen-bond donors (Lipinski definition) is 1. The van der Waals surface area contributed by atoms with E-state index in [-0.39, 0.29) is 12.5 Å². The van der Waals surface area contributed by atoms with Gasteiger partial charge in [-0.3, -0.25) is 4.79 Å². The van der Waals surface area contributed by atoms with E-state index < -0.39 is 0 Å². The summed E-state index contributed by atoms with van der Waals surface area (Å²) in [6.45, 7) is 7.00. The van der Waals surface area contributed by atoms with Gasteiger partial charge in [-0.25, -0.2) is 9.97 Å². The van der Waals surface area contributed by atoms with Gasteiger partial charge in [0.1, 0.15) is 18.0 Å². The maximum atomic E-state index is 12.6. The number of aliphatic hydroxyl groups is 1. The lowest BCUT2D eigenvalue weighted by atomic mass is 9.99. The van der Waals surface area contributed by atoms with Crippen molar-refractivity contribution < 1.29 is 9.90 Å². The number of rotatable bonds is 4. The van der Waals surface area contributed by atoms with E-state index in [0.717, 1.165) is 60.4 Å². The third kappa shape index (κ3) is 4.12. The third-order valence-corrected chi connectivity index (χ3v) is 6.57. The predicted octanol–water partition coefficient (Wildman–Crippen LogP) is 2.02. The molecular formula is C20H27N5O2S. The summed E-state index contributed by atoms with van der Waals surface area (Å²) in [5, 5.41) is 9.47. The molecule has 150 valence electrons. The molecule has 2 fully saturated rings. The van der Waals surface area contributed by atoms with Crippen LogP contribution in [0.15, 0.2) is 24.5 Å². The lowest BCUT2D eigenvalue weighted by Crippen LogP contribution is -2.49. The minimum absolute atomic E-state index is 0.129. The number of aliphatic hydroxyl groups excluding tert-OH is 1. The average molecular weight is 402 g/mol. The smallest absolute Gasteiger partial charge is 0.264 e. The molecule has 2 aromatic heterocycles. The fourth-order valence-corrected chi connectivity index (χ4v) is 4.78. The number of piperidine rings is 1.